The number of aromatic nitrogens is 3. The van der Waals surface area contributed by atoms with Crippen LogP contribution in [0.1, 0.15) is 89.9 Å². The minimum Gasteiger partial charge on any atom is -0.460 e. The lowest BCUT2D eigenvalue weighted by Crippen LogP contribution is -2.46. The summed E-state index contributed by atoms with van der Waals surface area (Å²) < 4.78 is 7.73. The van der Waals surface area contributed by atoms with Crippen molar-refractivity contribution in [1.82, 2.24) is 14.6 Å². The molecule has 4 atom stereocenters. The second-order valence-corrected chi connectivity index (χ2v) is 11.4. The molecule has 0 aromatic carbocycles. The molecular formula is C28H36N6O2. The molecule has 2 fully saturated rings. The Balaban J connectivity index is 1.51. The van der Waals surface area contributed by atoms with Crippen LogP contribution in [-0.2, 0) is 9.53 Å². The summed E-state index contributed by atoms with van der Waals surface area (Å²) in [5, 5.41) is 14.3. The zero-order valence-corrected chi connectivity index (χ0v) is 21.9. The van der Waals surface area contributed by atoms with E-state index < -0.39 is 5.60 Å². The van der Waals surface area contributed by atoms with Crippen LogP contribution in [0.3, 0.4) is 0 Å². The highest BCUT2D eigenvalue weighted by atomic mass is 16.6. The number of nitrogens with zero attached hydrogens (tertiary/aromatic N) is 6. The average Bonchev–Trinajstić information content (AvgIpc) is 3.63. The normalized spacial score (nSPS) is 26.6. The summed E-state index contributed by atoms with van der Waals surface area (Å²) >= 11 is 0. The number of hydrogen-bond donors (Lipinski definition) is 0. The van der Waals surface area contributed by atoms with Gasteiger partial charge in [-0.2, -0.15) is 10.4 Å². The molecule has 3 aliphatic rings. The van der Waals surface area contributed by atoms with Crippen LogP contribution in [0, 0.1) is 23.2 Å². The first kappa shape index (κ1) is 24.5. The maximum atomic E-state index is 12.8. The Labute approximate surface area is 213 Å². The highest BCUT2D eigenvalue weighted by molar-refractivity contribution is 5.78. The Morgan fingerprint density at radius 2 is 2.06 bits per heavy atom. The second-order valence-electron chi connectivity index (χ2n) is 11.4. The largest absolute Gasteiger partial charge is 0.460 e. The SMILES string of the molecule is CC[C@H]1CC(C(=O)OC(C)(C)C)CCN1c1ncnn2c(C3N=CC=C(C#N)C3C)cc(C3CC3)c12. The lowest BCUT2D eigenvalue weighted by Gasteiger charge is -2.40. The maximum Gasteiger partial charge on any atom is 0.309 e. The first-order valence-corrected chi connectivity index (χ1v) is 13.2. The lowest BCUT2D eigenvalue weighted by molar-refractivity contribution is -0.161. The molecule has 2 aliphatic heterocycles. The van der Waals surface area contributed by atoms with E-state index in [1.165, 1.54) is 5.56 Å². The number of rotatable bonds is 5. The predicted octanol–water partition coefficient (Wildman–Crippen LogP) is 5.15. The van der Waals surface area contributed by atoms with Crippen LogP contribution in [0.4, 0.5) is 5.82 Å². The summed E-state index contributed by atoms with van der Waals surface area (Å²) in [6, 6.07) is 4.61. The number of allylic oxidation sites excluding steroid dienone is 1. The molecule has 0 spiro atoms. The molecule has 36 heavy (non-hydrogen) atoms. The van der Waals surface area contributed by atoms with Crippen molar-refractivity contribution in [1.29, 1.82) is 5.26 Å². The van der Waals surface area contributed by atoms with Gasteiger partial charge in [0, 0.05) is 30.3 Å². The molecule has 1 saturated heterocycles. The maximum absolute atomic E-state index is 12.8. The number of hydrogen-bond acceptors (Lipinski definition) is 7. The third-order valence-electron chi connectivity index (χ3n) is 7.71. The minimum absolute atomic E-state index is 0.0171. The van der Waals surface area contributed by atoms with Crippen molar-refractivity contribution in [3.8, 4) is 6.07 Å². The molecule has 2 aromatic heterocycles. The molecule has 0 amide bonds. The Hall–Kier alpha value is -3.21. The molecule has 0 radical (unpaired) electrons. The molecule has 4 heterocycles. The summed E-state index contributed by atoms with van der Waals surface area (Å²) in [6.07, 6.45) is 9.93. The number of nitriles is 1. The van der Waals surface area contributed by atoms with Crippen LogP contribution in [0.15, 0.2) is 29.0 Å². The van der Waals surface area contributed by atoms with E-state index in [0.717, 1.165) is 61.3 Å². The Morgan fingerprint density at radius 3 is 2.72 bits per heavy atom. The van der Waals surface area contributed by atoms with Gasteiger partial charge in [0.25, 0.3) is 0 Å². The third-order valence-corrected chi connectivity index (χ3v) is 7.71. The van der Waals surface area contributed by atoms with Crippen LogP contribution >= 0.6 is 0 Å². The van der Waals surface area contributed by atoms with Gasteiger partial charge in [0.15, 0.2) is 5.82 Å². The van der Waals surface area contributed by atoms with Crippen molar-refractivity contribution in [2.45, 2.75) is 90.3 Å². The Morgan fingerprint density at radius 1 is 1.28 bits per heavy atom. The summed E-state index contributed by atoms with van der Waals surface area (Å²) in [5.74, 6) is 1.24. The van der Waals surface area contributed by atoms with Gasteiger partial charge in [0.05, 0.1) is 23.7 Å². The highest BCUT2D eigenvalue weighted by Crippen LogP contribution is 2.47. The number of aliphatic imine (C=N–C) groups is 1. The fraction of sp³-hybridized carbons (Fsp3) is 0.607. The van der Waals surface area contributed by atoms with Crippen molar-refractivity contribution in [3.63, 3.8) is 0 Å². The molecular weight excluding hydrogens is 452 g/mol. The summed E-state index contributed by atoms with van der Waals surface area (Å²) in [7, 11) is 0. The van der Waals surface area contributed by atoms with E-state index in [4.69, 9.17) is 19.8 Å². The van der Waals surface area contributed by atoms with Crippen LogP contribution in [0.25, 0.3) is 5.52 Å². The van der Waals surface area contributed by atoms with Crippen LogP contribution in [0.5, 0.6) is 0 Å². The van der Waals surface area contributed by atoms with E-state index in [1.54, 1.807) is 18.6 Å². The molecule has 1 saturated carbocycles. The van der Waals surface area contributed by atoms with Gasteiger partial charge in [-0.15, -0.1) is 0 Å². The van der Waals surface area contributed by atoms with E-state index in [9.17, 15) is 10.1 Å². The van der Waals surface area contributed by atoms with Crippen LogP contribution in [-0.4, -0.2) is 45.0 Å². The second kappa shape index (κ2) is 9.34. The number of piperidine rings is 1. The van der Waals surface area contributed by atoms with Gasteiger partial charge >= 0.3 is 5.97 Å². The number of dihydropyridines is 1. The van der Waals surface area contributed by atoms with Gasteiger partial charge in [-0.05, 0) is 76.5 Å². The Bertz CT molecular complexity index is 1260. The molecule has 8 nitrogen and oxygen atoms in total. The summed E-state index contributed by atoms with van der Waals surface area (Å²) in [6.45, 7) is 10.7. The monoisotopic (exact) mass is 488 g/mol. The smallest absolute Gasteiger partial charge is 0.309 e. The topological polar surface area (TPSA) is 95.9 Å². The van der Waals surface area contributed by atoms with Crippen molar-refractivity contribution < 1.29 is 9.53 Å². The van der Waals surface area contributed by atoms with Crippen molar-refractivity contribution in [2.75, 3.05) is 11.4 Å². The van der Waals surface area contributed by atoms with Gasteiger partial charge in [-0.1, -0.05) is 13.8 Å². The molecule has 190 valence electrons. The summed E-state index contributed by atoms with van der Waals surface area (Å²) in [4.78, 5) is 24.8. The van der Waals surface area contributed by atoms with Crippen molar-refractivity contribution in [3.05, 3.63) is 35.3 Å². The number of fused-ring (bicyclic) bond motifs is 1. The van der Waals surface area contributed by atoms with Gasteiger partial charge in [0.1, 0.15) is 17.4 Å². The quantitative estimate of drug-likeness (QED) is 0.540. The lowest BCUT2D eigenvalue weighted by atomic mass is 9.89. The van der Waals surface area contributed by atoms with Crippen LogP contribution in [0.2, 0.25) is 0 Å². The third kappa shape index (κ3) is 4.52. The standard InChI is InChI=1S/C28H36N6O2/c1-6-21-13-19(27(35)36-28(3,4)5)10-12-33(21)26-25-22(18-7-8-18)14-23(34(25)32-16-31-26)24-17(2)20(15-29)9-11-30-24/h9,11,14,16-19,21,24H,6-8,10,12-13H2,1-5H3/t17?,19?,21-,24?/m0/s1. The number of esters is 1. The fourth-order valence-electron chi connectivity index (χ4n) is 5.66. The molecule has 3 unspecified atom stereocenters. The minimum atomic E-state index is -0.477. The van der Waals surface area contributed by atoms with E-state index in [1.807, 2.05) is 25.3 Å². The molecule has 8 heteroatoms. The molecule has 0 bridgehead atoms. The first-order valence-electron chi connectivity index (χ1n) is 13.2. The fourth-order valence-corrected chi connectivity index (χ4v) is 5.66. The van der Waals surface area contributed by atoms with Gasteiger partial charge in [0.2, 0.25) is 0 Å². The van der Waals surface area contributed by atoms with Crippen molar-refractivity contribution in [2.24, 2.45) is 16.8 Å². The zero-order valence-electron chi connectivity index (χ0n) is 21.9. The molecule has 0 N–H and O–H groups in total. The zero-order chi connectivity index (χ0) is 25.6. The Kier molecular flexibility index (Phi) is 6.36. The molecule has 2 aromatic rings. The van der Waals surface area contributed by atoms with E-state index in [2.05, 4.69) is 30.9 Å². The number of carbonyl (C=O) groups is 1. The highest BCUT2D eigenvalue weighted by Gasteiger charge is 2.38. The molecule has 5 rings (SSSR count). The number of ether oxygens (including phenoxy) is 1. The van der Waals surface area contributed by atoms with E-state index >= 15 is 0 Å². The summed E-state index contributed by atoms with van der Waals surface area (Å²) in [5.41, 5.74) is 3.61. The van der Waals surface area contributed by atoms with Crippen LogP contribution < -0.4 is 4.90 Å². The first-order chi connectivity index (χ1) is 17.2. The van der Waals surface area contributed by atoms with Gasteiger partial charge in [-0.25, -0.2) is 9.50 Å². The van der Waals surface area contributed by atoms with E-state index in [0.29, 0.717) is 5.92 Å². The van der Waals surface area contributed by atoms with Gasteiger partial charge in [-0.3, -0.25) is 9.79 Å². The van der Waals surface area contributed by atoms with Crippen molar-refractivity contribution >= 4 is 23.5 Å². The average molecular weight is 489 g/mol. The number of anilines is 1. The van der Waals surface area contributed by atoms with Gasteiger partial charge < -0.3 is 9.64 Å². The van der Waals surface area contributed by atoms with E-state index in [-0.39, 0.29) is 29.9 Å². The predicted molar refractivity (Wildman–Crippen MR) is 139 cm³/mol. The number of carbonyl (C=O) groups excluding carboxylic acids is 1. The molecule has 1 aliphatic carbocycles.